The van der Waals surface area contributed by atoms with E-state index < -0.39 is 0 Å². The molecular formula is C19H15BrFN5S. The van der Waals surface area contributed by atoms with Crippen molar-refractivity contribution in [3.05, 3.63) is 77.4 Å². The van der Waals surface area contributed by atoms with E-state index in [1.807, 2.05) is 33.5 Å². The van der Waals surface area contributed by atoms with Crippen LogP contribution in [0.4, 0.5) is 4.39 Å². The largest absolute Gasteiger partial charge is 0.306 e. The summed E-state index contributed by atoms with van der Waals surface area (Å²) in [5, 5.41) is 9.16. The van der Waals surface area contributed by atoms with Crippen LogP contribution in [0.25, 0.3) is 17.0 Å². The smallest absolute Gasteiger partial charge is 0.192 e. The first kappa shape index (κ1) is 17.9. The molecule has 3 heterocycles. The minimum atomic E-state index is -0.322. The molecule has 0 N–H and O–H groups in total. The Morgan fingerprint density at radius 2 is 2.00 bits per heavy atom. The Kier molecular flexibility index (Phi) is 5.09. The standard InChI is InChI=1S/C19H15BrFN5S/c1-2-9-26-18(15-5-3-4-6-16(15)21)23-24-19(26)27-12-14-11-25-10-13(20)7-8-17(25)22-14/h2-8,10-11H,1,9,12H2. The third-order valence-corrected chi connectivity index (χ3v) is 5.43. The lowest BCUT2D eigenvalue weighted by Crippen LogP contribution is -2.01. The molecule has 4 rings (SSSR count). The summed E-state index contributed by atoms with van der Waals surface area (Å²) in [7, 11) is 0. The molecule has 0 atom stereocenters. The molecule has 0 aliphatic carbocycles. The lowest BCUT2D eigenvalue weighted by Gasteiger charge is -2.07. The molecule has 1 aromatic carbocycles. The summed E-state index contributed by atoms with van der Waals surface area (Å²) in [6, 6.07) is 10.5. The van der Waals surface area contributed by atoms with E-state index in [1.54, 1.807) is 24.3 Å². The lowest BCUT2D eigenvalue weighted by atomic mass is 10.2. The van der Waals surface area contributed by atoms with Crippen molar-refractivity contribution in [3.63, 3.8) is 0 Å². The molecular weight excluding hydrogens is 429 g/mol. The Morgan fingerprint density at radius 3 is 2.81 bits per heavy atom. The van der Waals surface area contributed by atoms with Crippen LogP contribution in [-0.2, 0) is 12.3 Å². The molecule has 0 aliphatic rings. The fraction of sp³-hybridized carbons (Fsp3) is 0.105. The van der Waals surface area contributed by atoms with E-state index in [2.05, 4.69) is 37.7 Å². The number of hydrogen-bond donors (Lipinski definition) is 0. The van der Waals surface area contributed by atoms with Crippen molar-refractivity contribution in [1.82, 2.24) is 24.1 Å². The van der Waals surface area contributed by atoms with E-state index in [4.69, 9.17) is 0 Å². The number of aromatic nitrogens is 5. The Balaban J connectivity index is 1.61. The molecule has 0 bridgehead atoms. The van der Waals surface area contributed by atoms with Gasteiger partial charge < -0.3 is 4.40 Å². The average molecular weight is 444 g/mol. The summed E-state index contributed by atoms with van der Waals surface area (Å²) < 4.78 is 19.0. The molecule has 3 aromatic heterocycles. The molecule has 0 spiro atoms. The third kappa shape index (κ3) is 3.68. The maximum absolute atomic E-state index is 14.2. The second-order valence-corrected chi connectivity index (χ2v) is 7.68. The van der Waals surface area contributed by atoms with Crippen LogP contribution in [0.15, 0.2) is 71.1 Å². The summed E-state index contributed by atoms with van der Waals surface area (Å²) in [6.07, 6.45) is 5.70. The van der Waals surface area contributed by atoms with Crippen molar-refractivity contribution in [2.75, 3.05) is 0 Å². The maximum atomic E-state index is 14.2. The molecule has 0 saturated heterocycles. The predicted molar refractivity (Wildman–Crippen MR) is 108 cm³/mol. The fourth-order valence-electron chi connectivity index (χ4n) is 2.76. The molecule has 0 aliphatic heterocycles. The van der Waals surface area contributed by atoms with E-state index in [0.717, 1.165) is 15.8 Å². The Labute approximate surface area is 168 Å². The van der Waals surface area contributed by atoms with Crippen molar-refractivity contribution in [2.45, 2.75) is 17.5 Å². The number of imidazole rings is 1. The van der Waals surface area contributed by atoms with Gasteiger partial charge in [-0.2, -0.15) is 0 Å². The molecule has 136 valence electrons. The van der Waals surface area contributed by atoms with Gasteiger partial charge in [0, 0.05) is 29.2 Å². The van der Waals surface area contributed by atoms with Gasteiger partial charge in [0.15, 0.2) is 11.0 Å². The van der Waals surface area contributed by atoms with Crippen molar-refractivity contribution < 1.29 is 4.39 Å². The van der Waals surface area contributed by atoms with Gasteiger partial charge in [-0.05, 0) is 40.2 Å². The first-order chi connectivity index (χ1) is 13.2. The van der Waals surface area contributed by atoms with E-state index in [0.29, 0.717) is 28.8 Å². The van der Waals surface area contributed by atoms with Crippen LogP contribution in [0.3, 0.4) is 0 Å². The number of allylic oxidation sites excluding steroid dienone is 1. The molecule has 5 nitrogen and oxygen atoms in total. The molecule has 0 radical (unpaired) electrons. The molecule has 27 heavy (non-hydrogen) atoms. The van der Waals surface area contributed by atoms with Crippen LogP contribution < -0.4 is 0 Å². The Hall–Kier alpha value is -2.45. The number of pyridine rings is 1. The molecule has 0 unspecified atom stereocenters. The fourth-order valence-corrected chi connectivity index (χ4v) is 3.94. The summed E-state index contributed by atoms with van der Waals surface area (Å²) in [6.45, 7) is 4.29. The van der Waals surface area contributed by atoms with Crippen LogP contribution in [0, 0.1) is 5.82 Å². The Bertz CT molecular complexity index is 1120. The van der Waals surface area contributed by atoms with Crippen molar-refractivity contribution in [1.29, 1.82) is 0 Å². The van der Waals surface area contributed by atoms with Gasteiger partial charge in [0.1, 0.15) is 11.5 Å². The summed E-state index contributed by atoms with van der Waals surface area (Å²) in [5.74, 6) is 0.804. The van der Waals surface area contributed by atoms with E-state index in [-0.39, 0.29) is 5.82 Å². The molecule has 0 saturated carbocycles. The number of halogens is 2. The first-order valence-electron chi connectivity index (χ1n) is 8.20. The highest BCUT2D eigenvalue weighted by Gasteiger charge is 2.16. The summed E-state index contributed by atoms with van der Waals surface area (Å²) in [5.41, 5.74) is 2.24. The second-order valence-electron chi connectivity index (χ2n) is 5.82. The molecule has 8 heteroatoms. The first-order valence-corrected chi connectivity index (χ1v) is 9.98. The highest BCUT2D eigenvalue weighted by atomic mass is 79.9. The van der Waals surface area contributed by atoms with Crippen LogP contribution in [0.2, 0.25) is 0 Å². The zero-order valence-electron chi connectivity index (χ0n) is 14.2. The highest BCUT2D eigenvalue weighted by molar-refractivity contribution is 9.10. The lowest BCUT2D eigenvalue weighted by molar-refractivity contribution is 0.626. The SMILES string of the molecule is C=CCn1c(SCc2cn3cc(Br)ccc3n2)nnc1-c1ccccc1F. The van der Waals surface area contributed by atoms with Crippen molar-refractivity contribution in [3.8, 4) is 11.4 Å². The number of hydrogen-bond acceptors (Lipinski definition) is 4. The minimum absolute atomic E-state index is 0.322. The average Bonchev–Trinajstić information content (AvgIpc) is 3.24. The topological polar surface area (TPSA) is 48.0 Å². The summed E-state index contributed by atoms with van der Waals surface area (Å²) in [4.78, 5) is 4.61. The third-order valence-electron chi connectivity index (χ3n) is 3.96. The molecule has 4 aromatic rings. The zero-order chi connectivity index (χ0) is 18.8. The zero-order valence-corrected chi connectivity index (χ0v) is 16.6. The van der Waals surface area contributed by atoms with Crippen LogP contribution >= 0.6 is 27.7 Å². The number of benzene rings is 1. The Morgan fingerprint density at radius 1 is 1.15 bits per heavy atom. The van der Waals surface area contributed by atoms with E-state index in [1.165, 1.54) is 17.8 Å². The number of rotatable bonds is 6. The maximum Gasteiger partial charge on any atom is 0.192 e. The second kappa shape index (κ2) is 7.66. The highest BCUT2D eigenvalue weighted by Crippen LogP contribution is 2.28. The minimum Gasteiger partial charge on any atom is -0.306 e. The van der Waals surface area contributed by atoms with Gasteiger partial charge in [-0.3, -0.25) is 4.57 Å². The van der Waals surface area contributed by atoms with Gasteiger partial charge in [-0.25, -0.2) is 9.37 Å². The van der Waals surface area contributed by atoms with Crippen LogP contribution in [0.1, 0.15) is 5.69 Å². The molecule has 0 amide bonds. The van der Waals surface area contributed by atoms with Crippen LogP contribution in [-0.4, -0.2) is 24.1 Å². The van der Waals surface area contributed by atoms with Gasteiger partial charge in [0.05, 0.1) is 11.3 Å². The quantitative estimate of drug-likeness (QED) is 0.311. The monoisotopic (exact) mass is 443 g/mol. The van der Waals surface area contributed by atoms with Gasteiger partial charge in [0.2, 0.25) is 0 Å². The number of fused-ring (bicyclic) bond motifs is 1. The van der Waals surface area contributed by atoms with Crippen molar-refractivity contribution in [2.24, 2.45) is 0 Å². The number of thioether (sulfide) groups is 1. The van der Waals surface area contributed by atoms with E-state index >= 15 is 0 Å². The van der Waals surface area contributed by atoms with Gasteiger partial charge >= 0.3 is 0 Å². The van der Waals surface area contributed by atoms with Crippen LogP contribution in [0.5, 0.6) is 0 Å². The molecule has 0 fully saturated rings. The summed E-state index contributed by atoms with van der Waals surface area (Å²) >= 11 is 4.97. The van der Waals surface area contributed by atoms with Gasteiger partial charge in [-0.15, -0.1) is 16.8 Å². The predicted octanol–water partition coefficient (Wildman–Crippen LogP) is 4.97. The van der Waals surface area contributed by atoms with E-state index in [9.17, 15) is 4.39 Å². The number of nitrogens with zero attached hydrogens (tertiary/aromatic N) is 5. The van der Waals surface area contributed by atoms with Gasteiger partial charge in [0.25, 0.3) is 0 Å². The normalized spacial score (nSPS) is 11.2. The van der Waals surface area contributed by atoms with Crippen molar-refractivity contribution >= 4 is 33.3 Å². The van der Waals surface area contributed by atoms with Gasteiger partial charge in [-0.1, -0.05) is 30.0 Å².